The van der Waals surface area contributed by atoms with Crippen LogP contribution < -0.4 is 21.7 Å². The molecule has 1 aromatic rings. The van der Waals surface area contributed by atoms with Crippen molar-refractivity contribution >= 4 is 54.1 Å². The lowest BCUT2D eigenvalue weighted by molar-refractivity contribution is -0.143. The number of aromatic nitrogens is 1. The molecular formula is C22H35N5O9S2. The van der Waals surface area contributed by atoms with E-state index < -0.39 is 48.3 Å². The van der Waals surface area contributed by atoms with Crippen LogP contribution in [0.15, 0.2) is 11.0 Å². The number of nitrogens with two attached hydrogens (primary N) is 1. The molecule has 1 rings (SSSR count). The Kier molecular flexibility index (Phi) is 14.4. The molecule has 0 aliphatic heterocycles. The van der Waals surface area contributed by atoms with E-state index in [0.29, 0.717) is 30.7 Å². The molecule has 16 heteroatoms. The highest BCUT2D eigenvalue weighted by molar-refractivity contribution is 7.99. The lowest BCUT2D eigenvalue weighted by atomic mass is 10.1. The second-order valence-electron chi connectivity index (χ2n) is 8.24. The zero-order chi connectivity index (χ0) is 28.8. The van der Waals surface area contributed by atoms with Crippen molar-refractivity contribution in [2.45, 2.75) is 68.6 Å². The molecule has 3 unspecified atom stereocenters. The Hall–Kier alpha value is -3.11. The minimum Gasteiger partial charge on any atom is -0.494 e. The number of hydrogen-bond donors (Lipinski definition) is 9. The molecule has 0 radical (unpaired) electrons. The number of unbranched alkanes of at least 4 members (excludes halogenated alkanes) is 2. The van der Waals surface area contributed by atoms with E-state index in [-0.39, 0.29) is 36.4 Å². The molecule has 0 saturated heterocycles. The van der Waals surface area contributed by atoms with Gasteiger partial charge in [0.1, 0.15) is 18.1 Å². The number of carbonyl (C=O) groups excluding carboxylic acids is 3. The molecule has 14 nitrogen and oxygen atoms in total. The largest absolute Gasteiger partial charge is 0.494 e. The predicted octanol–water partition coefficient (Wildman–Crippen LogP) is -0.526. The Morgan fingerprint density at radius 3 is 2.29 bits per heavy atom. The topological polar surface area (TPSA) is 233 Å². The smallest absolute Gasteiger partial charge is 0.327 e. The number of rotatable bonds is 18. The summed E-state index contributed by atoms with van der Waals surface area (Å²) in [5, 5.41) is 44.9. The van der Waals surface area contributed by atoms with Crippen molar-refractivity contribution in [1.29, 1.82) is 0 Å². The number of carboxylic acid groups (broad SMARTS) is 2. The molecule has 1 heterocycles. The minimum atomic E-state index is -1.58. The molecule has 0 aliphatic rings. The van der Waals surface area contributed by atoms with Crippen LogP contribution in [0.3, 0.4) is 0 Å². The van der Waals surface area contributed by atoms with Crippen LogP contribution in [-0.2, 0) is 30.5 Å². The van der Waals surface area contributed by atoms with Crippen molar-refractivity contribution in [3.63, 3.8) is 0 Å². The summed E-state index contributed by atoms with van der Waals surface area (Å²) in [6, 6.07) is -2.76. The summed E-state index contributed by atoms with van der Waals surface area (Å²) in [7, 11) is 0. The SMILES string of the molecule is CCSc1cc(O)n(CCCCCC(=O)NCC(N)C(=O)NC(CC(=O)O)C(=O)NC(CS)C(=O)O)c1O. The van der Waals surface area contributed by atoms with E-state index >= 15 is 0 Å². The number of thioether (sulfide) groups is 1. The number of amides is 3. The van der Waals surface area contributed by atoms with E-state index in [4.69, 9.17) is 15.9 Å². The number of nitrogens with zero attached hydrogens (tertiary/aromatic N) is 1. The first-order valence-corrected chi connectivity index (χ1v) is 13.5. The van der Waals surface area contributed by atoms with Crippen molar-refractivity contribution in [2.75, 3.05) is 18.1 Å². The normalized spacial score (nSPS) is 13.2. The second-order valence-corrected chi connectivity index (χ2v) is 9.91. The Morgan fingerprint density at radius 2 is 1.71 bits per heavy atom. The van der Waals surface area contributed by atoms with Gasteiger partial charge in [-0.1, -0.05) is 13.3 Å². The van der Waals surface area contributed by atoms with Crippen LogP contribution in [0.1, 0.15) is 39.0 Å². The van der Waals surface area contributed by atoms with Crippen LogP contribution in [0, 0.1) is 0 Å². The fourth-order valence-electron chi connectivity index (χ4n) is 3.24. The highest BCUT2D eigenvalue weighted by atomic mass is 32.2. The van der Waals surface area contributed by atoms with Gasteiger partial charge in [-0.05, 0) is 18.6 Å². The number of nitrogens with one attached hydrogen (secondary N) is 3. The van der Waals surface area contributed by atoms with E-state index in [1.165, 1.54) is 22.4 Å². The summed E-state index contributed by atoms with van der Waals surface area (Å²) in [4.78, 5) is 59.5. The lowest BCUT2D eigenvalue weighted by Gasteiger charge is -2.21. The van der Waals surface area contributed by atoms with Crippen LogP contribution in [0.2, 0.25) is 0 Å². The van der Waals surface area contributed by atoms with Gasteiger partial charge in [0.15, 0.2) is 5.88 Å². The monoisotopic (exact) mass is 577 g/mol. The quantitative estimate of drug-likeness (QED) is 0.0611. The van der Waals surface area contributed by atoms with Crippen LogP contribution in [0.4, 0.5) is 0 Å². The van der Waals surface area contributed by atoms with E-state index in [2.05, 4.69) is 28.6 Å². The molecule has 0 bridgehead atoms. The Morgan fingerprint density at radius 1 is 1.05 bits per heavy atom. The second kappa shape index (κ2) is 16.7. The first kappa shape index (κ1) is 32.9. The van der Waals surface area contributed by atoms with E-state index in [0.717, 1.165) is 5.75 Å². The molecule has 3 amide bonds. The van der Waals surface area contributed by atoms with Gasteiger partial charge in [0.2, 0.25) is 23.6 Å². The van der Waals surface area contributed by atoms with Gasteiger partial charge < -0.3 is 42.1 Å². The Bertz CT molecular complexity index is 989. The van der Waals surface area contributed by atoms with Gasteiger partial charge >= 0.3 is 11.9 Å². The first-order valence-electron chi connectivity index (χ1n) is 11.8. The van der Waals surface area contributed by atoms with Gasteiger partial charge in [0, 0.05) is 31.3 Å². The van der Waals surface area contributed by atoms with Gasteiger partial charge in [0.05, 0.1) is 11.3 Å². The van der Waals surface area contributed by atoms with E-state index in [9.17, 15) is 34.2 Å². The number of carboxylic acids is 2. The predicted molar refractivity (Wildman–Crippen MR) is 141 cm³/mol. The third-order valence-electron chi connectivity index (χ3n) is 5.26. The van der Waals surface area contributed by atoms with Crippen molar-refractivity contribution in [2.24, 2.45) is 5.73 Å². The number of carbonyl (C=O) groups is 5. The molecule has 9 N–H and O–H groups in total. The van der Waals surface area contributed by atoms with Gasteiger partial charge in [0.25, 0.3) is 0 Å². The summed E-state index contributed by atoms with van der Waals surface area (Å²) >= 11 is 5.22. The molecular weight excluding hydrogens is 542 g/mol. The molecule has 0 aromatic carbocycles. The third kappa shape index (κ3) is 11.1. The zero-order valence-corrected chi connectivity index (χ0v) is 22.6. The molecule has 0 saturated carbocycles. The van der Waals surface area contributed by atoms with Crippen LogP contribution in [0.5, 0.6) is 11.8 Å². The molecule has 0 spiro atoms. The molecule has 0 aliphatic carbocycles. The summed E-state index contributed by atoms with van der Waals surface area (Å²) in [6.07, 6.45) is 1.06. The number of hydrogen-bond acceptors (Lipinski definition) is 10. The summed E-state index contributed by atoms with van der Waals surface area (Å²) in [5.74, 6) is -4.63. The van der Waals surface area contributed by atoms with Crippen molar-refractivity contribution in [3.05, 3.63) is 6.07 Å². The van der Waals surface area contributed by atoms with Crippen molar-refractivity contribution in [3.8, 4) is 11.8 Å². The lowest BCUT2D eigenvalue weighted by Crippen LogP contribution is -2.57. The highest BCUT2D eigenvalue weighted by Crippen LogP contribution is 2.35. The van der Waals surface area contributed by atoms with Gasteiger partial charge in [-0.2, -0.15) is 12.6 Å². The first-order chi connectivity index (χ1) is 17.9. The Labute approximate surface area is 229 Å². The molecule has 214 valence electrons. The van der Waals surface area contributed by atoms with Gasteiger partial charge in [-0.3, -0.25) is 23.7 Å². The highest BCUT2D eigenvalue weighted by Gasteiger charge is 2.29. The van der Waals surface area contributed by atoms with Gasteiger partial charge in [-0.15, -0.1) is 11.8 Å². The number of aliphatic carboxylic acids is 2. The van der Waals surface area contributed by atoms with Crippen LogP contribution >= 0.6 is 24.4 Å². The van der Waals surface area contributed by atoms with E-state index in [1.807, 2.05) is 6.92 Å². The fourth-order valence-corrected chi connectivity index (χ4v) is 4.23. The number of aromatic hydroxyl groups is 2. The molecule has 38 heavy (non-hydrogen) atoms. The maximum atomic E-state index is 12.3. The zero-order valence-electron chi connectivity index (χ0n) is 20.9. The average Bonchev–Trinajstić information content (AvgIpc) is 3.11. The standard InChI is InChI=1S/C22H35N5O9S2/c1-2-38-15-9-17(29)27(21(15)34)7-5-3-4-6-16(28)24-10-12(23)19(32)25-13(8-18(30)31)20(33)26-14(11-37)22(35)36/h9,12-14,29,34,37H,2-8,10-11,23H2,1H3,(H,24,28)(H,25,32)(H,26,33)(H,30,31)(H,35,36). The summed E-state index contributed by atoms with van der Waals surface area (Å²) in [5.41, 5.74) is 5.75. The van der Waals surface area contributed by atoms with Gasteiger partial charge in [-0.25, -0.2) is 4.79 Å². The summed E-state index contributed by atoms with van der Waals surface area (Å²) in [6.45, 7) is 2.03. The maximum absolute atomic E-state index is 12.3. The van der Waals surface area contributed by atoms with E-state index in [1.54, 1.807) is 0 Å². The molecule has 1 aromatic heterocycles. The average molecular weight is 578 g/mol. The third-order valence-corrected chi connectivity index (χ3v) is 6.53. The van der Waals surface area contributed by atoms with Crippen molar-refractivity contribution in [1.82, 2.24) is 20.5 Å². The summed E-state index contributed by atoms with van der Waals surface area (Å²) < 4.78 is 1.40. The minimum absolute atomic E-state index is 0.00541. The van der Waals surface area contributed by atoms with Crippen LogP contribution in [0.25, 0.3) is 0 Å². The number of thiol groups is 1. The Balaban J connectivity index is 2.44. The maximum Gasteiger partial charge on any atom is 0.327 e. The van der Waals surface area contributed by atoms with Crippen molar-refractivity contribution < 1.29 is 44.4 Å². The molecule has 0 fully saturated rings. The van der Waals surface area contributed by atoms with Crippen LogP contribution in [-0.4, -0.2) is 90.8 Å². The fraction of sp³-hybridized carbons (Fsp3) is 0.591. The molecule has 3 atom stereocenters.